The van der Waals surface area contributed by atoms with Crippen molar-refractivity contribution in [3.8, 4) is 17.1 Å². The number of rotatable bonds is 6. The Balaban J connectivity index is 1.67. The first-order valence-corrected chi connectivity index (χ1v) is 11.7. The van der Waals surface area contributed by atoms with E-state index in [4.69, 9.17) is 0 Å². The minimum absolute atomic E-state index is 0.0752. The van der Waals surface area contributed by atoms with Crippen molar-refractivity contribution in [2.75, 3.05) is 5.32 Å². The number of pyridine rings is 1. The fourth-order valence-corrected chi connectivity index (χ4v) is 4.32. The number of aromatic nitrogens is 4. The van der Waals surface area contributed by atoms with E-state index in [2.05, 4.69) is 52.5 Å². The van der Waals surface area contributed by atoms with E-state index in [0.29, 0.717) is 11.0 Å². The van der Waals surface area contributed by atoms with Crippen LogP contribution in [0.4, 0.5) is 5.69 Å². The first-order valence-electron chi connectivity index (χ1n) is 10.8. The Labute approximate surface area is 198 Å². The zero-order chi connectivity index (χ0) is 23.5. The molecule has 1 N–H and O–H groups in total. The topological polar surface area (TPSA) is 72.7 Å². The second kappa shape index (κ2) is 9.58. The van der Waals surface area contributed by atoms with Crippen LogP contribution in [0.25, 0.3) is 17.1 Å². The number of hydrogen-bond donors (Lipinski definition) is 1. The summed E-state index contributed by atoms with van der Waals surface area (Å²) in [5.41, 5.74) is 7.23. The first-order chi connectivity index (χ1) is 15.8. The quantitative estimate of drug-likeness (QED) is 0.377. The maximum absolute atomic E-state index is 13.0. The van der Waals surface area contributed by atoms with Crippen molar-refractivity contribution in [3.63, 3.8) is 0 Å². The van der Waals surface area contributed by atoms with Crippen LogP contribution in [0.2, 0.25) is 0 Å². The molecule has 1 atom stereocenters. The largest absolute Gasteiger partial charge is 0.325 e. The van der Waals surface area contributed by atoms with Gasteiger partial charge in [-0.3, -0.25) is 14.3 Å². The van der Waals surface area contributed by atoms with Gasteiger partial charge in [0.05, 0.1) is 10.9 Å². The number of amides is 1. The second-order valence-corrected chi connectivity index (χ2v) is 9.52. The van der Waals surface area contributed by atoms with Crippen molar-refractivity contribution >= 4 is 23.4 Å². The van der Waals surface area contributed by atoms with Crippen molar-refractivity contribution in [3.05, 3.63) is 83.2 Å². The summed E-state index contributed by atoms with van der Waals surface area (Å²) in [5, 5.41) is 12.3. The normalized spacial score (nSPS) is 11.9. The standard InChI is InChI=1S/C26H27N5OS/c1-16-6-7-18(3)23(14-16)28-25(32)20(5)33-26-30-29-24(21-10-12-27-13-11-21)31(26)22-9-8-17(2)19(4)15-22/h6-15,20H,1-5H3,(H,28,32). The number of nitrogens with zero attached hydrogens (tertiary/aromatic N) is 4. The predicted molar refractivity (Wildman–Crippen MR) is 134 cm³/mol. The van der Waals surface area contributed by atoms with Crippen molar-refractivity contribution in [2.24, 2.45) is 0 Å². The van der Waals surface area contributed by atoms with Gasteiger partial charge in [0, 0.05) is 23.6 Å². The lowest BCUT2D eigenvalue weighted by Crippen LogP contribution is -2.23. The van der Waals surface area contributed by atoms with Crippen molar-refractivity contribution < 1.29 is 4.79 Å². The van der Waals surface area contributed by atoms with Gasteiger partial charge in [-0.15, -0.1) is 10.2 Å². The number of benzene rings is 2. The monoisotopic (exact) mass is 457 g/mol. The number of aryl methyl sites for hydroxylation is 4. The summed E-state index contributed by atoms with van der Waals surface area (Å²) in [6.45, 7) is 10.1. The van der Waals surface area contributed by atoms with E-state index in [9.17, 15) is 4.79 Å². The van der Waals surface area contributed by atoms with Crippen LogP contribution in [-0.2, 0) is 4.79 Å². The molecule has 0 aliphatic heterocycles. The van der Waals surface area contributed by atoms with Crippen LogP contribution < -0.4 is 5.32 Å². The highest BCUT2D eigenvalue weighted by Crippen LogP contribution is 2.31. The van der Waals surface area contributed by atoms with E-state index in [0.717, 1.165) is 28.1 Å². The van der Waals surface area contributed by atoms with Gasteiger partial charge in [-0.1, -0.05) is 30.0 Å². The van der Waals surface area contributed by atoms with E-state index in [1.165, 1.54) is 22.9 Å². The van der Waals surface area contributed by atoms with Crippen LogP contribution in [-0.4, -0.2) is 30.9 Å². The second-order valence-electron chi connectivity index (χ2n) is 8.21. The third-order valence-electron chi connectivity index (χ3n) is 5.62. The van der Waals surface area contributed by atoms with Gasteiger partial charge in [0.1, 0.15) is 0 Å². The zero-order valence-corrected chi connectivity index (χ0v) is 20.3. The molecule has 0 bridgehead atoms. The van der Waals surface area contributed by atoms with Gasteiger partial charge in [0.25, 0.3) is 0 Å². The lowest BCUT2D eigenvalue weighted by Gasteiger charge is -2.16. The molecule has 4 rings (SSSR count). The molecule has 4 aromatic rings. The highest BCUT2D eigenvalue weighted by atomic mass is 32.2. The average molecular weight is 458 g/mol. The first kappa shape index (κ1) is 22.7. The number of anilines is 1. The zero-order valence-electron chi connectivity index (χ0n) is 19.5. The fourth-order valence-electron chi connectivity index (χ4n) is 3.45. The van der Waals surface area contributed by atoms with Crippen LogP contribution in [0.3, 0.4) is 0 Å². The van der Waals surface area contributed by atoms with Crippen LogP contribution in [0, 0.1) is 27.7 Å². The molecule has 0 saturated carbocycles. The van der Waals surface area contributed by atoms with Gasteiger partial charge in [0.2, 0.25) is 5.91 Å². The molecular formula is C26H27N5OS. The molecular weight excluding hydrogens is 430 g/mol. The molecule has 7 heteroatoms. The Hall–Kier alpha value is -3.45. The summed E-state index contributed by atoms with van der Waals surface area (Å²) in [7, 11) is 0. The maximum Gasteiger partial charge on any atom is 0.237 e. The number of hydrogen-bond acceptors (Lipinski definition) is 5. The molecule has 0 spiro atoms. The molecule has 1 unspecified atom stereocenters. The highest BCUT2D eigenvalue weighted by Gasteiger charge is 2.22. The molecule has 0 aliphatic carbocycles. The van der Waals surface area contributed by atoms with E-state index < -0.39 is 0 Å². The van der Waals surface area contributed by atoms with Gasteiger partial charge in [-0.2, -0.15) is 0 Å². The van der Waals surface area contributed by atoms with Crippen molar-refractivity contribution in [2.45, 2.75) is 45.0 Å². The van der Waals surface area contributed by atoms with Crippen LogP contribution >= 0.6 is 11.8 Å². The molecule has 0 fully saturated rings. The summed E-state index contributed by atoms with van der Waals surface area (Å²) in [5.74, 6) is 0.638. The number of thioether (sulfide) groups is 1. The number of nitrogens with one attached hydrogen (secondary N) is 1. The summed E-state index contributed by atoms with van der Waals surface area (Å²) < 4.78 is 2.01. The van der Waals surface area contributed by atoms with Gasteiger partial charge in [0.15, 0.2) is 11.0 Å². The molecule has 2 heterocycles. The minimum Gasteiger partial charge on any atom is -0.325 e. The Morgan fingerprint density at radius 3 is 2.36 bits per heavy atom. The molecule has 0 saturated heterocycles. The van der Waals surface area contributed by atoms with Crippen LogP contribution in [0.15, 0.2) is 66.1 Å². The van der Waals surface area contributed by atoms with E-state index >= 15 is 0 Å². The molecule has 0 radical (unpaired) electrons. The van der Waals surface area contributed by atoms with E-state index in [1.807, 2.05) is 55.7 Å². The van der Waals surface area contributed by atoms with Crippen LogP contribution in [0.5, 0.6) is 0 Å². The smallest absolute Gasteiger partial charge is 0.237 e. The highest BCUT2D eigenvalue weighted by molar-refractivity contribution is 8.00. The average Bonchev–Trinajstić information content (AvgIpc) is 3.22. The molecule has 1 amide bonds. The van der Waals surface area contributed by atoms with Gasteiger partial charge in [-0.25, -0.2) is 0 Å². The molecule has 168 valence electrons. The molecule has 6 nitrogen and oxygen atoms in total. The van der Waals surface area contributed by atoms with E-state index in [-0.39, 0.29) is 11.2 Å². The van der Waals surface area contributed by atoms with Gasteiger partial charge in [-0.05, 0) is 87.2 Å². The molecule has 33 heavy (non-hydrogen) atoms. The Morgan fingerprint density at radius 2 is 1.64 bits per heavy atom. The fraction of sp³-hybridized carbons (Fsp3) is 0.231. The van der Waals surface area contributed by atoms with Crippen LogP contribution in [0.1, 0.15) is 29.2 Å². The SMILES string of the molecule is Cc1ccc(C)c(NC(=O)C(C)Sc2nnc(-c3ccncc3)n2-c2ccc(C)c(C)c2)c1. The maximum atomic E-state index is 13.0. The lowest BCUT2D eigenvalue weighted by molar-refractivity contribution is -0.115. The summed E-state index contributed by atoms with van der Waals surface area (Å²) in [6.07, 6.45) is 3.48. The summed E-state index contributed by atoms with van der Waals surface area (Å²) in [6, 6.07) is 16.1. The minimum atomic E-state index is -0.371. The Kier molecular flexibility index (Phi) is 6.60. The third-order valence-corrected chi connectivity index (χ3v) is 6.67. The predicted octanol–water partition coefficient (Wildman–Crippen LogP) is 5.68. The third kappa shape index (κ3) is 4.98. The Bertz CT molecular complexity index is 1300. The van der Waals surface area contributed by atoms with E-state index in [1.54, 1.807) is 12.4 Å². The lowest BCUT2D eigenvalue weighted by atomic mass is 10.1. The number of carbonyl (C=O) groups is 1. The molecule has 2 aromatic carbocycles. The molecule has 2 aromatic heterocycles. The summed E-state index contributed by atoms with van der Waals surface area (Å²) >= 11 is 1.39. The van der Waals surface area contributed by atoms with Crippen molar-refractivity contribution in [1.82, 2.24) is 19.7 Å². The number of carbonyl (C=O) groups excluding carboxylic acids is 1. The van der Waals surface area contributed by atoms with Crippen molar-refractivity contribution in [1.29, 1.82) is 0 Å². The van der Waals surface area contributed by atoms with Gasteiger partial charge >= 0.3 is 0 Å². The molecule has 0 aliphatic rings. The van der Waals surface area contributed by atoms with Gasteiger partial charge < -0.3 is 5.32 Å². The Morgan fingerprint density at radius 1 is 0.909 bits per heavy atom. The summed E-state index contributed by atoms with van der Waals surface area (Å²) in [4.78, 5) is 17.1.